The van der Waals surface area contributed by atoms with Gasteiger partial charge in [-0.1, -0.05) is 11.6 Å². The first kappa shape index (κ1) is 14.2. The highest BCUT2D eigenvalue weighted by atomic mass is 35.5. The van der Waals surface area contributed by atoms with Crippen molar-refractivity contribution in [2.45, 2.75) is 12.8 Å². The van der Waals surface area contributed by atoms with Crippen LogP contribution in [-0.4, -0.2) is 42.7 Å². The molecular weight excluding hydrogens is 264 g/mol. The molecular formula is C14H19ClN2O2. The Hall–Kier alpha value is -1.26. The molecule has 1 saturated heterocycles. The summed E-state index contributed by atoms with van der Waals surface area (Å²) in [4.78, 5) is 14.3. The third-order valence-electron chi connectivity index (χ3n) is 3.59. The zero-order valence-electron chi connectivity index (χ0n) is 11.0. The molecule has 104 valence electrons. The molecule has 1 aliphatic heterocycles. The lowest BCUT2D eigenvalue weighted by Crippen LogP contribution is -2.29. The van der Waals surface area contributed by atoms with E-state index in [9.17, 15) is 4.79 Å². The minimum absolute atomic E-state index is 0.00675. The summed E-state index contributed by atoms with van der Waals surface area (Å²) in [5.74, 6) is 0.415. The number of nitrogens with zero attached hydrogens (tertiary/aromatic N) is 1. The summed E-state index contributed by atoms with van der Waals surface area (Å²) in [7, 11) is 1.79. The van der Waals surface area contributed by atoms with Crippen LogP contribution in [0.15, 0.2) is 18.2 Å². The number of aliphatic hydroxyl groups excluding tert-OH is 1. The van der Waals surface area contributed by atoms with Gasteiger partial charge in [-0.3, -0.25) is 4.79 Å². The number of amides is 1. The Balaban J connectivity index is 2.14. The van der Waals surface area contributed by atoms with Gasteiger partial charge in [0, 0.05) is 37.5 Å². The van der Waals surface area contributed by atoms with Crippen LogP contribution in [0.5, 0.6) is 0 Å². The normalized spacial score (nSPS) is 18.7. The molecule has 0 radical (unpaired) electrons. The van der Waals surface area contributed by atoms with Gasteiger partial charge in [0.2, 0.25) is 0 Å². The summed E-state index contributed by atoms with van der Waals surface area (Å²) in [5, 5.41) is 12.5. The van der Waals surface area contributed by atoms with E-state index in [0.29, 0.717) is 16.5 Å². The number of carbonyl (C=O) groups is 1. The SMILES string of the molecule is CNc1ccc(Cl)cc1C(=O)N1CCC(CCO)C1. The molecule has 0 aliphatic carbocycles. The van der Waals surface area contributed by atoms with Crippen LogP contribution >= 0.6 is 11.6 Å². The highest BCUT2D eigenvalue weighted by Crippen LogP contribution is 2.26. The third kappa shape index (κ3) is 3.19. The molecule has 0 saturated carbocycles. The largest absolute Gasteiger partial charge is 0.396 e. The summed E-state index contributed by atoms with van der Waals surface area (Å²) < 4.78 is 0. The zero-order chi connectivity index (χ0) is 13.8. The third-order valence-corrected chi connectivity index (χ3v) is 3.83. The van der Waals surface area contributed by atoms with E-state index in [4.69, 9.17) is 16.7 Å². The first-order chi connectivity index (χ1) is 9.15. The van der Waals surface area contributed by atoms with E-state index in [-0.39, 0.29) is 12.5 Å². The molecule has 0 spiro atoms. The van der Waals surface area contributed by atoms with E-state index >= 15 is 0 Å². The van der Waals surface area contributed by atoms with Crippen LogP contribution < -0.4 is 5.32 Å². The van der Waals surface area contributed by atoms with Crippen LogP contribution in [0.25, 0.3) is 0 Å². The van der Waals surface area contributed by atoms with E-state index in [1.54, 1.807) is 19.2 Å². The molecule has 1 heterocycles. The molecule has 0 bridgehead atoms. The zero-order valence-corrected chi connectivity index (χ0v) is 11.8. The molecule has 2 rings (SSSR count). The van der Waals surface area contributed by atoms with Crippen LogP contribution in [0.3, 0.4) is 0 Å². The Morgan fingerprint density at radius 1 is 1.58 bits per heavy atom. The average Bonchev–Trinajstić information content (AvgIpc) is 2.87. The fourth-order valence-electron chi connectivity index (χ4n) is 2.52. The van der Waals surface area contributed by atoms with E-state index in [1.807, 2.05) is 11.0 Å². The Bertz CT molecular complexity index is 465. The molecule has 1 atom stereocenters. The highest BCUT2D eigenvalue weighted by Gasteiger charge is 2.27. The van der Waals surface area contributed by atoms with Gasteiger partial charge in [0.25, 0.3) is 5.91 Å². The highest BCUT2D eigenvalue weighted by molar-refractivity contribution is 6.31. The van der Waals surface area contributed by atoms with Crippen molar-refractivity contribution in [1.82, 2.24) is 4.90 Å². The molecule has 1 aliphatic rings. The lowest BCUT2D eigenvalue weighted by atomic mass is 10.1. The van der Waals surface area contributed by atoms with Gasteiger partial charge in [-0.05, 0) is 37.0 Å². The molecule has 5 heteroatoms. The minimum atomic E-state index is 0.00675. The van der Waals surface area contributed by atoms with Crippen LogP contribution in [0.4, 0.5) is 5.69 Å². The van der Waals surface area contributed by atoms with Crippen molar-refractivity contribution in [3.05, 3.63) is 28.8 Å². The molecule has 4 nitrogen and oxygen atoms in total. The summed E-state index contributed by atoms with van der Waals surface area (Å²) in [6.45, 7) is 1.65. The monoisotopic (exact) mass is 282 g/mol. The number of hydrogen-bond donors (Lipinski definition) is 2. The molecule has 1 aromatic carbocycles. The van der Waals surface area contributed by atoms with Crippen molar-refractivity contribution in [1.29, 1.82) is 0 Å². The van der Waals surface area contributed by atoms with E-state index in [1.165, 1.54) is 0 Å². The smallest absolute Gasteiger partial charge is 0.256 e. The van der Waals surface area contributed by atoms with Crippen LogP contribution in [0.2, 0.25) is 5.02 Å². The maximum Gasteiger partial charge on any atom is 0.256 e. The molecule has 2 N–H and O–H groups in total. The molecule has 1 fully saturated rings. The average molecular weight is 283 g/mol. The Morgan fingerprint density at radius 3 is 3.05 bits per heavy atom. The molecule has 1 aromatic rings. The number of carbonyl (C=O) groups excluding carboxylic acids is 1. The summed E-state index contributed by atoms with van der Waals surface area (Å²) >= 11 is 5.97. The predicted molar refractivity (Wildman–Crippen MR) is 76.7 cm³/mol. The first-order valence-corrected chi connectivity index (χ1v) is 6.91. The molecule has 1 unspecified atom stereocenters. The number of rotatable bonds is 4. The standard InChI is InChI=1S/C14H19ClN2O2/c1-16-13-3-2-11(15)8-12(13)14(19)17-6-4-10(9-17)5-7-18/h2-3,8,10,16,18H,4-7,9H2,1H3. The number of halogens is 1. The molecule has 19 heavy (non-hydrogen) atoms. The van der Waals surface area contributed by atoms with Crippen LogP contribution in [0.1, 0.15) is 23.2 Å². The summed E-state index contributed by atoms with van der Waals surface area (Å²) in [6, 6.07) is 5.29. The summed E-state index contributed by atoms with van der Waals surface area (Å²) in [6.07, 6.45) is 1.72. The summed E-state index contributed by atoms with van der Waals surface area (Å²) in [5.41, 5.74) is 1.40. The van der Waals surface area contributed by atoms with Gasteiger partial charge in [0.1, 0.15) is 0 Å². The minimum Gasteiger partial charge on any atom is -0.396 e. The number of benzene rings is 1. The van der Waals surface area contributed by atoms with Crippen molar-refractivity contribution in [3.63, 3.8) is 0 Å². The number of nitrogens with one attached hydrogen (secondary N) is 1. The Kier molecular flexibility index (Phi) is 4.66. The van der Waals surface area contributed by atoms with Gasteiger partial charge in [0.15, 0.2) is 0 Å². The maximum atomic E-state index is 12.5. The quantitative estimate of drug-likeness (QED) is 0.890. The van der Waals surface area contributed by atoms with E-state index in [2.05, 4.69) is 5.32 Å². The number of hydrogen-bond acceptors (Lipinski definition) is 3. The van der Waals surface area contributed by atoms with Gasteiger partial charge in [-0.15, -0.1) is 0 Å². The Morgan fingerprint density at radius 2 is 2.37 bits per heavy atom. The second kappa shape index (κ2) is 6.26. The number of likely N-dealkylation sites (tertiary alicyclic amines) is 1. The van der Waals surface area contributed by atoms with E-state index in [0.717, 1.165) is 31.6 Å². The number of anilines is 1. The first-order valence-electron chi connectivity index (χ1n) is 6.53. The second-order valence-corrected chi connectivity index (χ2v) is 5.29. The van der Waals surface area contributed by atoms with Crippen molar-refractivity contribution in [2.24, 2.45) is 5.92 Å². The fraction of sp³-hybridized carbons (Fsp3) is 0.500. The predicted octanol–water partition coefficient (Wildman–Crippen LogP) is 2.23. The van der Waals surface area contributed by atoms with Gasteiger partial charge in [-0.2, -0.15) is 0 Å². The van der Waals surface area contributed by atoms with Gasteiger partial charge in [0.05, 0.1) is 5.56 Å². The van der Waals surface area contributed by atoms with Gasteiger partial charge < -0.3 is 15.3 Å². The van der Waals surface area contributed by atoms with Crippen molar-refractivity contribution in [2.75, 3.05) is 32.1 Å². The van der Waals surface area contributed by atoms with Crippen molar-refractivity contribution < 1.29 is 9.90 Å². The van der Waals surface area contributed by atoms with Crippen LogP contribution in [0, 0.1) is 5.92 Å². The molecule has 0 aromatic heterocycles. The number of aliphatic hydroxyl groups is 1. The van der Waals surface area contributed by atoms with Gasteiger partial charge >= 0.3 is 0 Å². The fourth-order valence-corrected chi connectivity index (χ4v) is 2.69. The lowest BCUT2D eigenvalue weighted by Gasteiger charge is -2.18. The van der Waals surface area contributed by atoms with Gasteiger partial charge in [-0.25, -0.2) is 0 Å². The maximum absolute atomic E-state index is 12.5. The van der Waals surface area contributed by atoms with Crippen LogP contribution in [-0.2, 0) is 0 Å². The topological polar surface area (TPSA) is 52.6 Å². The lowest BCUT2D eigenvalue weighted by molar-refractivity contribution is 0.0785. The Labute approximate surface area is 118 Å². The van der Waals surface area contributed by atoms with Crippen molar-refractivity contribution >= 4 is 23.2 Å². The van der Waals surface area contributed by atoms with Crippen molar-refractivity contribution in [3.8, 4) is 0 Å². The van der Waals surface area contributed by atoms with E-state index < -0.39 is 0 Å². The second-order valence-electron chi connectivity index (χ2n) is 4.86. The molecule has 1 amide bonds.